The molecule has 1 N–H and O–H groups in total. The second-order valence-electron chi connectivity index (χ2n) is 8.41. The Morgan fingerprint density at radius 2 is 1.78 bits per heavy atom. The average molecular weight is 452 g/mol. The van der Waals surface area contributed by atoms with Crippen LogP contribution in [0.5, 0.6) is 0 Å². The first kappa shape index (κ1) is 20.0. The Morgan fingerprint density at radius 1 is 1.00 bits per heavy atom. The SMILES string of the molecule is Clc1ccc([C@@H]2NC3=NCN(CCN4CCOCC4)CN3c3nc4ccccc4n32)cc1. The molecule has 0 spiro atoms. The highest BCUT2D eigenvalue weighted by molar-refractivity contribution is 6.30. The van der Waals surface area contributed by atoms with E-state index in [1.165, 1.54) is 0 Å². The number of fused-ring (bicyclic) bond motifs is 5. The van der Waals surface area contributed by atoms with Gasteiger partial charge in [0.2, 0.25) is 11.9 Å². The molecule has 2 aromatic carbocycles. The number of hydrogen-bond acceptors (Lipinski definition) is 7. The molecule has 1 atom stereocenters. The van der Waals surface area contributed by atoms with Crippen LogP contribution >= 0.6 is 11.6 Å². The van der Waals surface area contributed by atoms with Crippen LogP contribution in [0.3, 0.4) is 0 Å². The summed E-state index contributed by atoms with van der Waals surface area (Å²) < 4.78 is 7.74. The number of rotatable bonds is 4. The van der Waals surface area contributed by atoms with Gasteiger partial charge in [0.05, 0.1) is 37.6 Å². The normalized spacial score (nSPS) is 21.7. The number of nitrogens with zero attached hydrogens (tertiary/aromatic N) is 6. The molecule has 1 aromatic heterocycles. The standard InChI is InChI=1S/C23H26ClN7O/c24-18-7-5-17(6-8-18)21-27-22-25-15-29(10-9-28-11-13-32-14-12-28)16-30(22)23-26-19-3-1-2-4-20(19)31(21)23/h1-8,21H,9-16H2,(H,25,27)/t21-/m1/s1. The predicted octanol–water partition coefficient (Wildman–Crippen LogP) is 2.56. The minimum Gasteiger partial charge on any atom is -0.379 e. The second-order valence-corrected chi connectivity index (χ2v) is 8.85. The van der Waals surface area contributed by atoms with Crippen molar-refractivity contribution in [3.8, 4) is 0 Å². The van der Waals surface area contributed by atoms with Gasteiger partial charge in [-0.1, -0.05) is 35.9 Å². The lowest BCUT2D eigenvalue weighted by Crippen LogP contribution is -2.58. The quantitative estimate of drug-likeness (QED) is 0.658. The van der Waals surface area contributed by atoms with E-state index in [1.807, 2.05) is 18.2 Å². The van der Waals surface area contributed by atoms with Gasteiger partial charge < -0.3 is 10.1 Å². The Labute approximate surface area is 192 Å². The van der Waals surface area contributed by atoms with Gasteiger partial charge in [-0.15, -0.1) is 0 Å². The number of hydrogen-bond donors (Lipinski definition) is 1. The number of benzene rings is 2. The molecule has 166 valence electrons. The molecule has 0 amide bonds. The van der Waals surface area contributed by atoms with Crippen LogP contribution in [0.1, 0.15) is 11.7 Å². The van der Waals surface area contributed by atoms with Crippen LogP contribution in [-0.4, -0.2) is 78.0 Å². The van der Waals surface area contributed by atoms with E-state index in [-0.39, 0.29) is 6.17 Å². The Hall–Kier alpha value is -2.65. The number of morpholine rings is 1. The Balaban J connectivity index is 1.32. The fourth-order valence-electron chi connectivity index (χ4n) is 4.64. The van der Waals surface area contributed by atoms with E-state index in [2.05, 4.69) is 54.9 Å². The van der Waals surface area contributed by atoms with Gasteiger partial charge >= 0.3 is 0 Å². The monoisotopic (exact) mass is 451 g/mol. The molecule has 3 aromatic rings. The fraction of sp³-hybridized carbons (Fsp3) is 0.391. The Morgan fingerprint density at radius 3 is 2.62 bits per heavy atom. The van der Waals surface area contributed by atoms with Crippen LogP contribution in [0.15, 0.2) is 53.5 Å². The number of guanidine groups is 1. The van der Waals surface area contributed by atoms with Gasteiger partial charge in [0.25, 0.3) is 0 Å². The van der Waals surface area contributed by atoms with Crippen LogP contribution < -0.4 is 10.2 Å². The smallest absolute Gasteiger partial charge is 0.216 e. The van der Waals surface area contributed by atoms with Gasteiger partial charge in [-0.3, -0.25) is 19.3 Å². The highest BCUT2D eigenvalue weighted by atomic mass is 35.5. The molecule has 3 aliphatic rings. The third kappa shape index (κ3) is 3.63. The molecule has 0 aliphatic carbocycles. The maximum absolute atomic E-state index is 6.15. The lowest BCUT2D eigenvalue weighted by atomic mass is 10.1. The van der Waals surface area contributed by atoms with Crippen molar-refractivity contribution < 1.29 is 4.74 Å². The van der Waals surface area contributed by atoms with E-state index < -0.39 is 0 Å². The van der Waals surface area contributed by atoms with Gasteiger partial charge in [-0.2, -0.15) is 0 Å². The summed E-state index contributed by atoms with van der Waals surface area (Å²) in [5.74, 6) is 1.79. The van der Waals surface area contributed by atoms with Crippen molar-refractivity contribution in [1.82, 2.24) is 24.7 Å². The largest absolute Gasteiger partial charge is 0.379 e. The van der Waals surface area contributed by atoms with Gasteiger partial charge in [-0.25, -0.2) is 9.98 Å². The molecule has 0 unspecified atom stereocenters. The summed E-state index contributed by atoms with van der Waals surface area (Å²) in [6.07, 6.45) is -0.0930. The number of para-hydroxylation sites is 2. The number of anilines is 1. The van der Waals surface area contributed by atoms with Crippen LogP contribution in [-0.2, 0) is 4.74 Å². The number of aromatic nitrogens is 2. The summed E-state index contributed by atoms with van der Waals surface area (Å²) in [5, 5.41) is 4.38. The van der Waals surface area contributed by atoms with Crippen LogP contribution in [0.4, 0.5) is 5.95 Å². The minimum atomic E-state index is -0.0930. The Kier molecular flexibility index (Phi) is 5.23. The lowest BCUT2D eigenvalue weighted by molar-refractivity contribution is 0.0334. The van der Waals surface area contributed by atoms with E-state index in [9.17, 15) is 0 Å². The zero-order valence-electron chi connectivity index (χ0n) is 17.8. The number of halogens is 1. The maximum Gasteiger partial charge on any atom is 0.216 e. The van der Waals surface area contributed by atoms with Crippen LogP contribution in [0, 0.1) is 0 Å². The Bertz CT molecular complexity index is 1140. The first-order valence-electron chi connectivity index (χ1n) is 11.1. The van der Waals surface area contributed by atoms with Gasteiger partial charge in [0, 0.05) is 31.2 Å². The molecular formula is C23H26ClN7O. The molecule has 0 bridgehead atoms. The molecule has 3 aliphatic heterocycles. The van der Waals surface area contributed by atoms with Crippen molar-refractivity contribution in [3.05, 3.63) is 59.1 Å². The number of nitrogens with one attached hydrogen (secondary N) is 1. The second kappa shape index (κ2) is 8.37. The van der Waals surface area contributed by atoms with E-state index >= 15 is 0 Å². The third-order valence-electron chi connectivity index (χ3n) is 6.38. The van der Waals surface area contributed by atoms with Crippen molar-refractivity contribution in [2.24, 2.45) is 4.99 Å². The highest BCUT2D eigenvalue weighted by Crippen LogP contribution is 2.34. The molecule has 9 heteroatoms. The summed E-state index contributed by atoms with van der Waals surface area (Å²) in [4.78, 5) is 16.9. The van der Waals surface area contributed by atoms with E-state index in [0.717, 1.165) is 79.6 Å². The molecule has 0 radical (unpaired) electrons. The molecule has 1 saturated heterocycles. The molecule has 6 rings (SSSR count). The van der Waals surface area contributed by atoms with Crippen LogP contribution in [0.2, 0.25) is 5.02 Å². The van der Waals surface area contributed by atoms with Crippen molar-refractivity contribution in [2.75, 3.05) is 57.6 Å². The molecule has 8 nitrogen and oxygen atoms in total. The third-order valence-corrected chi connectivity index (χ3v) is 6.63. The van der Waals surface area contributed by atoms with E-state index in [0.29, 0.717) is 6.67 Å². The summed E-state index contributed by atoms with van der Waals surface area (Å²) in [7, 11) is 0. The summed E-state index contributed by atoms with van der Waals surface area (Å²) >= 11 is 6.15. The maximum atomic E-state index is 6.15. The highest BCUT2D eigenvalue weighted by Gasteiger charge is 2.35. The average Bonchev–Trinajstić information content (AvgIpc) is 3.23. The summed E-state index contributed by atoms with van der Waals surface area (Å²) in [6, 6.07) is 16.3. The van der Waals surface area contributed by atoms with E-state index in [1.54, 1.807) is 0 Å². The zero-order chi connectivity index (χ0) is 21.5. The minimum absolute atomic E-state index is 0.0930. The van der Waals surface area contributed by atoms with Crippen molar-refractivity contribution in [2.45, 2.75) is 6.17 Å². The van der Waals surface area contributed by atoms with Crippen LogP contribution in [0.25, 0.3) is 11.0 Å². The topological polar surface area (TPSA) is 61.2 Å². The number of imidazole rings is 1. The lowest BCUT2D eigenvalue weighted by Gasteiger charge is -2.42. The predicted molar refractivity (Wildman–Crippen MR) is 126 cm³/mol. The molecule has 4 heterocycles. The number of ether oxygens (including phenoxy) is 1. The summed E-state index contributed by atoms with van der Waals surface area (Å²) in [6.45, 7) is 7.10. The molecule has 32 heavy (non-hydrogen) atoms. The van der Waals surface area contributed by atoms with Gasteiger partial charge in [-0.05, 0) is 29.8 Å². The van der Waals surface area contributed by atoms with Crippen molar-refractivity contribution >= 4 is 34.5 Å². The van der Waals surface area contributed by atoms with Gasteiger partial charge in [0.15, 0.2) is 0 Å². The first-order chi connectivity index (χ1) is 15.8. The fourth-order valence-corrected chi connectivity index (χ4v) is 4.76. The first-order valence-corrected chi connectivity index (χ1v) is 11.5. The van der Waals surface area contributed by atoms with E-state index in [4.69, 9.17) is 26.3 Å². The zero-order valence-corrected chi connectivity index (χ0v) is 18.6. The van der Waals surface area contributed by atoms with Crippen molar-refractivity contribution in [1.29, 1.82) is 0 Å². The molecule has 0 saturated carbocycles. The molecule has 1 fully saturated rings. The summed E-state index contributed by atoms with van der Waals surface area (Å²) in [5.41, 5.74) is 3.20. The van der Waals surface area contributed by atoms with Gasteiger partial charge in [0.1, 0.15) is 6.17 Å². The number of aliphatic imine (C=N–C) groups is 1. The van der Waals surface area contributed by atoms with Crippen molar-refractivity contribution in [3.63, 3.8) is 0 Å². The molecular weight excluding hydrogens is 426 g/mol.